The molecule has 2 N–H and O–H groups in total. The monoisotopic (exact) mass is 352 g/mol. The van der Waals surface area contributed by atoms with Crippen LogP contribution in [0, 0.1) is 0 Å². The first-order valence-electron chi connectivity index (χ1n) is 8.78. The van der Waals surface area contributed by atoms with E-state index in [-0.39, 0.29) is 30.4 Å². The number of rotatable bonds is 5. The van der Waals surface area contributed by atoms with E-state index in [2.05, 4.69) is 57.7 Å². The Kier molecular flexibility index (Phi) is 7.34. The van der Waals surface area contributed by atoms with Crippen LogP contribution in [0.3, 0.4) is 0 Å². The summed E-state index contributed by atoms with van der Waals surface area (Å²) in [6, 6.07) is 10.8. The standard InChI is InChI=1S/C18H28N4O.ClH/c1-15(20-18(23)17-8-5-9-19-17)14-21-10-12-22(13-11-21)16-6-3-2-4-7-16;/h2-4,6-7,15,17,19H,5,8-14H2,1H3,(H,20,23);1H. The summed E-state index contributed by atoms with van der Waals surface area (Å²) in [6.07, 6.45) is 2.07. The molecule has 2 heterocycles. The summed E-state index contributed by atoms with van der Waals surface area (Å²) in [6.45, 7) is 8.21. The lowest BCUT2D eigenvalue weighted by atomic mass is 10.2. The van der Waals surface area contributed by atoms with E-state index in [1.54, 1.807) is 0 Å². The first-order valence-corrected chi connectivity index (χ1v) is 8.78. The van der Waals surface area contributed by atoms with E-state index in [4.69, 9.17) is 0 Å². The van der Waals surface area contributed by atoms with Gasteiger partial charge in [-0.1, -0.05) is 18.2 Å². The summed E-state index contributed by atoms with van der Waals surface area (Å²) in [5, 5.41) is 6.41. The summed E-state index contributed by atoms with van der Waals surface area (Å²) in [7, 11) is 0. The van der Waals surface area contributed by atoms with Crippen molar-refractivity contribution in [2.45, 2.75) is 31.8 Å². The van der Waals surface area contributed by atoms with Gasteiger partial charge in [-0.2, -0.15) is 0 Å². The maximum absolute atomic E-state index is 12.1. The second-order valence-electron chi connectivity index (χ2n) is 6.68. The summed E-state index contributed by atoms with van der Waals surface area (Å²) in [5.41, 5.74) is 1.31. The van der Waals surface area contributed by atoms with E-state index in [1.165, 1.54) is 5.69 Å². The minimum absolute atomic E-state index is 0. The van der Waals surface area contributed by atoms with Crippen molar-refractivity contribution in [2.24, 2.45) is 0 Å². The minimum atomic E-state index is 0. The van der Waals surface area contributed by atoms with E-state index in [9.17, 15) is 4.79 Å². The number of nitrogens with zero attached hydrogens (tertiary/aromatic N) is 2. The van der Waals surface area contributed by atoms with Crippen molar-refractivity contribution in [1.82, 2.24) is 15.5 Å². The molecule has 0 aromatic heterocycles. The van der Waals surface area contributed by atoms with Crippen molar-refractivity contribution in [3.05, 3.63) is 30.3 Å². The van der Waals surface area contributed by atoms with Crippen LogP contribution in [0.1, 0.15) is 19.8 Å². The van der Waals surface area contributed by atoms with Gasteiger partial charge in [-0.3, -0.25) is 9.69 Å². The molecule has 1 amide bonds. The molecule has 2 saturated heterocycles. The largest absolute Gasteiger partial charge is 0.369 e. The van der Waals surface area contributed by atoms with Crippen LogP contribution in [0.15, 0.2) is 30.3 Å². The highest BCUT2D eigenvalue weighted by molar-refractivity contribution is 5.85. The quantitative estimate of drug-likeness (QED) is 0.843. The van der Waals surface area contributed by atoms with E-state index < -0.39 is 0 Å². The third-order valence-electron chi connectivity index (χ3n) is 4.79. The molecule has 2 fully saturated rings. The highest BCUT2D eigenvalue weighted by Crippen LogP contribution is 2.15. The Bertz CT molecular complexity index is 499. The molecule has 24 heavy (non-hydrogen) atoms. The summed E-state index contributed by atoms with van der Waals surface area (Å²) < 4.78 is 0. The third-order valence-corrected chi connectivity index (χ3v) is 4.79. The molecular weight excluding hydrogens is 324 g/mol. The number of benzene rings is 1. The molecule has 2 aliphatic rings. The predicted octanol–water partition coefficient (Wildman–Crippen LogP) is 1.49. The van der Waals surface area contributed by atoms with Crippen molar-refractivity contribution in [2.75, 3.05) is 44.2 Å². The molecular formula is C18H29ClN4O. The molecule has 0 spiro atoms. The van der Waals surface area contributed by atoms with E-state index in [0.717, 1.165) is 52.1 Å². The first-order chi connectivity index (χ1) is 11.2. The molecule has 3 rings (SSSR count). The predicted molar refractivity (Wildman–Crippen MR) is 101 cm³/mol. The molecule has 2 aliphatic heterocycles. The number of para-hydroxylation sites is 1. The van der Waals surface area contributed by atoms with Crippen LogP contribution >= 0.6 is 12.4 Å². The third kappa shape index (κ3) is 5.10. The van der Waals surface area contributed by atoms with Gasteiger partial charge in [0.05, 0.1) is 6.04 Å². The number of amides is 1. The molecule has 0 aliphatic carbocycles. The number of anilines is 1. The maximum atomic E-state index is 12.1. The molecule has 2 atom stereocenters. The van der Waals surface area contributed by atoms with Crippen LogP contribution in [0.5, 0.6) is 0 Å². The van der Waals surface area contributed by atoms with Crippen LogP contribution in [0.25, 0.3) is 0 Å². The molecule has 0 saturated carbocycles. The lowest BCUT2D eigenvalue weighted by molar-refractivity contribution is -0.123. The van der Waals surface area contributed by atoms with Gasteiger partial charge in [0.1, 0.15) is 0 Å². The van der Waals surface area contributed by atoms with Crippen molar-refractivity contribution in [3.63, 3.8) is 0 Å². The number of hydrogen-bond acceptors (Lipinski definition) is 4. The summed E-state index contributed by atoms with van der Waals surface area (Å²) in [5.74, 6) is 0.165. The molecule has 6 heteroatoms. The fraction of sp³-hybridized carbons (Fsp3) is 0.611. The van der Waals surface area contributed by atoms with Gasteiger partial charge in [-0.05, 0) is 38.4 Å². The van der Waals surface area contributed by atoms with Crippen molar-refractivity contribution in [1.29, 1.82) is 0 Å². The van der Waals surface area contributed by atoms with Gasteiger partial charge in [0.15, 0.2) is 0 Å². The minimum Gasteiger partial charge on any atom is -0.369 e. The summed E-state index contributed by atoms with van der Waals surface area (Å²) >= 11 is 0. The molecule has 1 aromatic rings. The van der Waals surface area contributed by atoms with Gasteiger partial charge in [0.2, 0.25) is 5.91 Å². The molecule has 5 nitrogen and oxygen atoms in total. The Hall–Kier alpha value is -1.30. The van der Waals surface area contributed by atoms with Crippen molar-refractivity contribution < 1.29 is 4.79 Å². The summed E-state index contributed by atoms with van der Waals surface area (Å²) in [4.78, 5) is 17.0. The number of nitrogens with one attached hydrogen (secondary N) is 2. The highest BCUT2D eigenvalue weighted by atomic mass is 35.5. The smallest absolute Gasteiger partial charge is 0.237 e. The lowest BCUT2D eigenvalue weighted by Crippen LogP contribution is -2.52. The Balaban J connectivity index is 0.00000208. The second kappa shape index (κ2) is 9.25. The Morgan fingerprint density at radius 1 is 1.25 bits per heavy atom. The first kappa shape index (κ1) is 19.0. The normalized spacial score (nSPS) is 22.7. The molecule has 2 unspecified atom stereocenters. The molecule has 0 bridgehead atoms. The zero-order chi connectivity index (χ0) is 16.1. The van der Waals surface area contributed by atoms with Gasteiger partial charge in [0, 0.05) is 44.5 Å². The number of halogens is 1. The SMILES string of the molecule is CC(CN1CCN(c2ccccc2)CC1)NC(=O)C1CCCN1.Cl. The van der Waals surface area contributed by atoms with Crippen LogP contribution in [-0.4, -0.2) is 62.2 Å². The van der Waals surface area contributed by atoms with Gasteiger partial charge in [-0.25, -0.2) is 0 Å². The zero-order valence-corrected chi connectivity index (χ0v) is 15.2. The lowest BCUT2D eigenvalue weighted by Gasteiger charge is -2.37. The molecule has 1 aromatic carbocycles. The molecule has 0 radical (unpaired) electrons. The van der Waals surface area contributed by atoms with Crippen LogP contribution in [-0.2, 0) is 4.79 Å². The van der Waals surface area contributed by atoms with Crippen molar-refractivity contribution >= 4 is 24.0 Å². The fourth-order valence-electron chi connectivity index (χ4n) is 3.51. The van der Waals surface area contributed by atoms with Crippen LogP contribution in [0.2, 0.25) is 0 Å². The Labute approximate surface area is 151 Å². The van der Waals surface area contributed by atoms with Crippen LogP contribution < -0.4 is 15.5 Å². The van der Waals surface area contributed by atoms with E-state index in [0.29, 0.717) is 0 Å². The Morgan fingerprint density at radius 3 is 2.58 bits per heavy atom. The average Bonchev–Trinajstić information content (AvgIpc) is 3.11. The van der Waals surface area contributed by atoms with Gasteiger partial charge in [0.25, 0.3) is 0 Å². The number of carbonyl (C=O) groups excluding carboxylic acids is 1. The maximum Gasteiger partial charge on any atom is 0.237 e. The van der Waals surface area contributed by atoms with E-state index in [1.807, 2.05) is 0 Å². The fourth-order valence-corrected chi connectivity index (χ4v) is 3.51. The zero-order valence-electron chi connectivity index (χ0n) is 14.4. The van der Waals surface area contributed by atoms with Gasteiger partial charge in [-0.15, -0.1) is 12.4 Å². The second-order valence-corrected chi connectivity index (χ2v) is 6.68. The number of carbonyl (C=O) groups is 1. The van der Waals surface area contributed by atoms with Gasteiger partial charge >= 0.3 is 0 Å². The molecule has 134 valence electrons. The number of piperazine rings is 1. The number of hydrogen-bond donors (Lipinski definition) is 2. The van der Waals surface area contributed by atoms with Crippen LogP contribution in [0.4, 0.5) is 5.69 Å². The highest BCUT2D eigenvalue weighted by Gasteiger charge is 2.24. The van der Waals surface area contributed by atoms with Crippen molar-refractivity contribution in [3.8, 4) is 0 Å². The Morgan fingerprint density at radius 2 is 1.96 bits per heavy atom. The van der Waals surface area contributed by atoms with Gasteiger partial charge < -0.3 is 15.5 Å². The average molecular weight is 353 g/mol. The van der Waals surface area contributed by atoms with E-state index >= 15 is 0 Å². The topological polar surface area (TPSA) is 47.6 Å².